The van der Waals surface area contributed by atoms with Gasteiger partial charge in [-0.15, -0.1) is 0 Å². The number of likely N-dealkylation sites (N-methyl/N-ethyl adjacent to an activating group) is 1. The van der Waals surface area contributed by atoms with Crippen LogP contribution in [0.1, 0.15) is 11.1 Å². The smallest absolute Gasteiger partial charge is 0.236 e. The lowest BCUT2D eigenvalue weighted by Crippen LogP contribution is -2.38. The largest absolute Gasteiger partial charge is 0.391 e. The Balaban J connectivity index is 1.37. The normalized spacial score (nSPS) is 19.2. The maximum atomic E-state index is 12.8. The Morgan fingerprint density at radius 1 is 1.10 bits per heavy atom. The maximum absolute atomic E-state index is 12.8. The number of carbonyl (C=O) groups excluding carboxylic acids is 1. The zero-order valence-corrected chi connectivity index (χ0v) is 16.7. The number of benzene rings is 2. The second-order valence-electron chi connectivity index (χ2n) is 7.98. The summed E-state index contributed by atoms with van der Waals surface area (Å²) in [4.78, 5) is 21.0. The number of rotatable bonds is 6. The number of pyridine rings is 1. The third-order valence-electron chi connectivity index (χ3n) is 5.68. The molecular weight excluding hydrogens is 362 g/mol. The molecule has 3 aromatic rings. The summed E-state index contributed by atoms with van der Waals surface area (Å²) in [5.41, 5.74) is 3.33. The van der Waals surface area contributed by atoms with E-state index in [9.17, 15) is 9.90 Å². The van der Waals surface area contributed by atoms with Crippen molar-refractivity contribution in [3.8, 4) is 0 Å². The first-order valence-corrected chi connectivity index (χ1v) is 10.1. The van der Waals surface area contributed by atoms with Crippen LogP contribution < -0.4 is 0 Å². The molecule has 5 nitrogen and oxygen atoms in total. The summed E-state index contributed by atoms with van der Waals surface area (Å²) < 4.78 is 0. The summed E-state index contributed by atoms with van der Waals surface area (Å²) in [5, 5.41) is 11.7. The second kappa shape index (κ2) is 8.72. The van der Waals surface area contributed by atoms with Gasteiger partial charge < -0.3 is 10.0 Å². The van der Waals surface area contributed by atoms with Gasteiger partial charge in [-0.3, -0.25) is 14.7 Å². The molecule has 2 aromatic carbocycles. The minimum absolute atomic E-state index is 0.0455. The van der Waals surface area contributed by atoms with Gasteiger partial charge in [0.2, 0.25) is 5.91 Å². The number of likely N-dealkylation sites (tertiary alicyclic amines) is 1. The Morgan fingerprint density at radius 2 is 1.86 bits per heavy atom. The second-order valence-corrected chi connectivity index (χ2v) is 7.98. The number of aliphatic hydroxyl groups is 1. The van der Waals surface area contributed by atoms with E-state index in [2.05, 4.69) is 23.2 Å². The molecule has 0 aliphatic carbocycles. The highest BCUT2D eigenvalue weighted by molar-refractivity contribution is 5.82. The van der Waals surface area contributed by atoms with Crippen LogP contribution in [0.15, 0.2) is 66.9 Å². The third kappa shape index (κ3) is 4.63. The van der Waals surface area contributed by atoms with Crippen molar-refractivity contribution in [1.82, 2.24) is 14.8 Å². The van der Waals surface area contributed by atoms with Gasteiger partial charge in [-0.2, -0.15) is 0 Å². The summed E-state index contributed by atoms with van der Waals surface area (Å²) in [7, 11) is 1.96. The van der Waals surface area contributed by atoms with E-state index >= 15 is 0 Å². The van der Waals surface area contributed by atoms with Gasteiger partial charge in [0.1, 0.15) is 0 Å². The molecule has 1 N–H and O–H groups in total. The Kier molecular flexibility index (Phi) is 5.88. The van der Waals surface area contributed by atoms with Gasteiger partial charge in [-0.1, -0.05) is 48.5 Å². The first kappa shape index (κ1) is 19.6. The zero-order chi connectivity index (χ0) is 20.2. The van der Waals surface area contributed by atoms with Gasteiger partial charge in [-0.25, -0.2) is 0 Å². The average Bonchev–Trinajstić information content (AvgIpc) is 3.09. The molecule has 0 saturated carbocycles. The van der Waals surface area contributed by atoms with Crippen molar-refractivity contribution < 1.29 is 9.90 Å². The van der Waals surface area contributed by atoms with Gasteiger partial charge >= 0.3 is 0 Å². The number of aromatic nitrogens is 1. The van der Waals surface area contributed by atoms with Crippen LogP contribution in [-0.2, 0) is 17.8 Å². The highest BCUT2D eigenvalue weighted by Gasteiger charge is 2.34. The van der Waals surface area contributed by atoms with E-state index in [1.807, 2.05) is 60.6 Å². The topological polar surface area (TPSA) is 56.7 Å². The van der Waals surface area contributed by atoms with Crippen LogP contribution in [0, 0.1) is 5.92 Å². The van der Waals surface area contributed by atoms with E-state index < -0.39 is 6.10 Å². The van der Waals surface area contributed by atoms with Crippen molar-refractivity contribution in [3.63, 3.8) is 0 Å². The van der Waals surface area contributed by atoms with E-state index in [4.69, 9.17) is 0 Å². The van der Waals surface area contributed by atoms with Gasteiger partial charge in [0.25, 0.3) is 0 Å². The van der Waals surface area contributed by atoms with Crippen LogP contribution in [0.3, 0.4) is 0 Å². The molecule has 0 unspecified atom stereocenters. The van der Waals surface area contributed by atoms with Crippen molar-refractivity contribution in [2.24, 2.45) is 5.92 Å². The number of amides is 1. The third-order valence-corrected chi connectivity index (χ3v) is 5.68. The Hall–Kier alpha value is -2.76. The van der Waals surface area contributed by atoms with Crippen molar-refractivity contribution in [2.75, 3.05) is 26.7 Å². The average molecular weight is 389 g/mol. The highest BCUT2D eigenvalue weighted by Crippen LogP contribution is 2.25. The summed E-state index contributed by atoms with van der Waals surface area (Å²) >= 11 is 0. The lowest BCUT2D eigenvalue weighted by molar-refractivity contribution is -0.131. The van der Waals surface area contributed by atoms with Crippen LogP contribution in [-0.4, -0.2) is 58.6 Å². The maximum Gasteiger partial charge on any atom is 0.236 e. The lowest BCUT2D eigenvalue weighted by Gasteiger charge is -2.21. The SMILES string of the molecule is CN(CC(=O)N1C[C@@H](Cc2ccnc3ccccc23)[C@H](O)C1)Cc1ccccc1. The quantitative estimate of drug-likeness (QED) is 0.704. The highest BCUT2D eigenvalue weighted by atomic mass is 16.3. The predicted octanol–water partition coefficient (Wildman–Crippen LogP) is 2.73. The van der Waals surface area contributed by atoms with Crippen molar-refractivity contribution in [3.05, 3.63) is 78.0 Å². The number of fused-ring (bicyclic) bond motifs is 1. The molecule has 2 atom stereocenters. The van der Waals surface area contributed by atoms with Gasteiger partial charge in [0.05, 0.1) is 18.2 Å². The number of β-amino-alcohol motifs (C(OH)–C–C–N with tert-alkyl or cyclic N) is 1. The minimum Gasteiger partial charge on any atom is -0.391 e. The molecule has 29 heavy (non-hydrogen) atoms. The first-order chi connectivity index (χ1) is 14.1. The minimum atomic E-state index is -0.495. The Bertz CT molecular complexity index is 971. The van der Waals surface area contributed by atoms with Gasteiger partial charge in [0.15, 0.2) is 0 Å². The van der Waals surface area contributed by atoms with Gasteiger partial charge in [-0.05, 0) is 36.7 Å². The van der Waals surface area contributed by atoms with Crippen molar-refractivity contribution in [1.29, 1.82) is 0 Å². The van der Waals surface area contributed by atoms with Crippen LogP contribution in [0.4, 0.5) is 0 Å². The molecule has 1 aromatic heterocycles. The Labute approximate surface area is 171 Å². The van der Waals surface area contributed by atoms with Crippen LogP contribution in [0.2, 0.25) is 0 Å². The summed E-state index contributed by atoms with van der Waals surface area (Å²) in [6.45, 7) is 2.09. The van der Waals surface area contributed by atoms with E-state index in [0.29, 0.717) is 19.6 Å². The first-order valence-electron chi connectivity index (χ1n) is 10.1. The molecule has 1 aliphatic rings. The molecule has 2 heterocycles. The van der Waals surface area contributed by atoms with E-state index in [-0.39, 0.29) is 11.8 Å². The monoisotopic (exact) mass is 389 g/mol. The van der Waals surface area contributed by atoms with E-state index in [1.54, 1.807) is 4.90 Å². The fourth-order valence-electron chi connectivity index (χ4n) is 4.16. The molecule has 1 saturated heterocycles. The molecule has 5 heteroatoms. The molecule has 1 aliphatic heterocycles. The van der Waals surface area contributed by atoms with Crippen molar-refractivity contribution >= 4 is 16.8 Å². The molecule has 0 bridgehead atoms. The van der Waals surface area contributed by atoms with Crippen LogP contribution in [0.5, 0.6) is 0 Å². The molecule has 150 valence electrons. The fraction of sp³-hybridized carbons (Fsp3) is 0.333. The predicted molar refractivity (Wildman–Crippen MR) is 114 cm³/mol. The van der Waals surface area contributed by atoms with Crippen molar-refractivity contribution in [2.45, 2.75) is 19.1 Å². The number of aliphatic hydroxyl groups excluding tert-OH is 1. The number of nitrogens with zero attached hydrogens (tertiary/aromatic N) is 3. The number of hydrogen-bond acceptors (Lipinski definition) is 4. The molecule has 4 rings (SSSR count). The Morgan fingerprint density at radius 3 is 2.69 bits per heavy atom. The van der Waals surface area contributed by atoms with Crippen LogP contribution in [0.25, 0.3) is 10.9 Å². The fourth-order valence-corrected chi connectivity index (χ4v) is 4.16. The summed E-state index contributed by atoms with van der Waals surface area (Å²) in [6, 6.07) is 20.2. The van der Waals surface area contributed by atoms with Crippen LogP contribution >= 0.6 is 0 Å². The van der Waals surface area contributed by atoms with E-state index in [1.165, 1.54) is 11.1 Å². The van der Waals surface area contributed by atoms with E-state index in [0.717, 1.165) is 23.9 Å². The number of hydrogen-bond donors (Lipinski definition) is 1. The molecular formula is C24H27N3O2. The number of para-hydroxylation sites is 1. The van der Waals surface area contributed by atoms with Gasteiger partial charge in [0, 0.05) is 37.1 Å². The molecule has 1 fully saturated rings. The standard InChI is InChI=1S/C24H27N3O2/c1-26(14-18-7-3-2-4-8-18)17-24(29)27-15-20(23(28)16-27)13-19-11-12-25-22-10-6-5-9-21(19)22/h2-12,20,23,28H,13-17H2,1H3/t20-,23-/m1/s1. The summed E-state index contributed by atoms with van der Waals surface area (Å²) in [5.74, 6) is 0.119. The number of carbonyl (C=O) groups is 1. The molecule has 1 amide bonds. The zero-order valence-electron chi connectivity index (χ0n) is 16.7. The summed E-state index contributed by atoms with van der Waals surface area (Å²) in [6.07, 6.45) is 2.07. The molecule has 0 spiro atoms. The molecule has 0 radical (unpaired) electrons. The lowest BCUT2D eigenvalue weighted by atomic mass is 9.94.